The molecule has 0 aliphatic carbocycles. The lowest BCUT2D eigenvalue weighted by Gasteiger charge is -2.08. The van der Waals surface area contributed by atoms with E-state index in [2.05, 4.69) is 41.2 Å². The van der Waals surface area contributed by atoms with E-state index < -0.39 is 0 Å². The smallest absolute Gasteiger partial charge is 0.148 e. The van der Waals surface area contributed by atoms with Crippen LogP contribution in [0.25, 0.3) is 33.3 Å². The molecule has 0 unspecified atom stereocenters. The molecule has 5 rings (SSSR count). The van der Waals surface area contributed by atoms with Crippen LogP contribution in [0.4, 0.5) is 5.82 Å². The maximum atomic E-state index is 4.26. The zero-order valence-corrected chi connectivity index (χ0v) is 15.9. The summed E-state index contributed by atoms with van der Waals surface area (Å²) in [4.78, 5) is 0. The summed E-state index contributed by atoms with van der Waals surface area (Å²) < 4.78 is 0. The minimum Gasteiger partial charge on any atom is -0.372 e. The van der Waals surface area contributed by atoms with E-state index in [4.69, 9.17) is 0 Å². The lowest BCUT2D eigenvalue weighted by atomic mass is 10.0. The lowest BCUT2D eigenvalue weighted by molar-refractivity contribution is 0.520. The lowest BCUT2D eigenvalue weighted by Crippen LogP contribution is -2.21. The van der Waals surface area contributed by atoms with Crippen molar-refractivity contribution in [2.24, 2.45) is 0 Å². The Labute approximate surface area is 163 Å². The maximum Gasteiger partial charge on any atom is 0.148 e. The number of aromatic amines is 2. The van der Waals surface area contributed by atoms with E-state index in [0.29, 0.717) is 0 Å². The highest BCUT2D eigenvalue weighted by atomic mass is 15.2. The molecule has 4 aromatic rings. The van der Waals surface area contributed by atoms with Crippen molar-refractivity contribution in [3.63, 3.8) is 0 Å². The van der Waals surface area contributed by atoms with Crippen LogP contribution in [0.2, 0.25) is 0 Å². The van der Waals surface area contributed by atoms with E-state index in [1.54, 1.807) is 6.20 Å². The van der Waals surface area contributed by atoms with Gasteiger partial charge in [0.05, 0.1) is 23.6 Å². The fourth-order valence-corrected chi connectivity index (χ4v) is 3.31. The van der Waals surface area contributed by atoms with Crippen molar-refractivity contribution in [2.45, 2.75) is 19.3 Å². The van der Waals surface area contributed by atoms with Crippen molar-refractivity contribution in [2.75, 3.05) is 25.5 Å². The number of aromatic nitrogens is 6. The molecular formula is C20H24N8. The SMILES string of the molecule is C1CCNCC1.CNc1ccc(-c2ccc(-c3cn[nH]c3)c3cn[nH]c23)nn1. The average Bonchev–Trinajstić information content (AvgIpc) is 3.47. The molecule has 8 heteroatoms. The summed E-state index contributed by atoms with van der Waals surface area (Å²) in [7, 11) is 1.82. The van der Waals surface area contributed by atoms with Crippen LogP contribution >= 0.6 is 0 Å². The monoisotopic (exact) mass is 376 g/mol. The summed E-state index contributed by atoms with van der Waals surface area (Å²) in [5, 5.41) is 29.7. The number of hydrogen-bond donors (Lipinski definition) is 4. The maximum absolute atomic E-state index is 4.26. The van der Waals surface area contributed by atoms with Crippen LogP contribution < -0.4 is 10.6 Å². The molecule has 4 N–H and O–H groups in total. The molecule has 3 aromatic heterocycles. The minimum atomic E-state index is 0.736. The first-order valence-electron chi connectivity index (χ1n) is 9.54. The Kier molecular flexibility index (Phi) is 5.58. The molecule has 144 valence electrons. The topological polar surface area (TPSA) is 107 Å². The fourth-order valence-electron chi connectivity index (χ4n) is 3.31. The van der Waals surface area contributed by atoms with Crippen molar-refractivity contribution in [3.8, 4) is 22.4 Å². The molecular weight excluding hydrogens is 352 g/mol. The van der Waals surface area contributed by atoms with Crippen LogP contribution in [-0.2, 0) is 0 Å². The molecule has 0 radical (unpaired) electrons. The van der Waals surface area contributed by atoms with Gasteiger partial charge in [0.1, 0.15) is 5.82 Å². The van der Waals surface area contributed by atoms with Crippen LogP contribution in [-0.4, -0.2) is 50.7 Å². The second-order valence-corrected chi connectivity index (χ2v) is 6.67. The van der Waals surface area contributed by atoms with Crippen LogP contribution in [0.5, 0.6) is 0 Å². The van der Waals surface area contributed by atoms with Gasteiger partial charge >= 0.3 is 0 Å². The van der Waals surface area contributed by atoms with Gasteiger partial charge in [0.2, 0.25) is 0 Å². The molecule has 0 bridgehead atoms. The molecule has 1 aliphatic heterocycles. The van der Waals surface area contributed by atoms with E-state index in [1.807, 2.05) is 43.7 Å². The standard InChI is InChI=1S/C15H13N7.C5H11N/c1-16-14-5-4-13(20-21-14)11-3-2-10(9-6-17-18-7-9)12-8-19-22-15(11)12;1-2-4-6-5-3-1/h2-8H,1H3,(H,16,21)(H,17,18)(H,19,22);6H,1-5H2. The third-order valence-corrected chi connectivity index (χ3v) is 4.83. The number of rotatable bonds is 3. The zero-order valence-electron chi connectivity index (χ0n) is 15.9. The highest BCUT2D eigenvalue weighted by Crippen LogP contribution is 2.33. The molecule has 0 amide bonds. The quantitative estimate of drug-likeness (QED) is 0.437. The summed E-state index contributed by atoms with van der Waals surface area (Å²) in [5.74, 6) is 0.736. The number of benzene rings is 1. The van der Waals surface area contributed by atoms with Crippen LogP contribution in [0.15, 0.2) is 42.9 Å². The number of hydrogen-bond acceptors (Lipinski definition) is 6. The molecule has 4 heterocycles. The summed E-state index contributed by atoms with van der Waals surface area (Å²) in [6.07, 6.45) is 9.69. The van der Waals surface area contributed by atoms with Gasteiger partial charge in [-0.3, -0.25) is 10.2 Å². The number of H-pyrrole nitrogens is 2. The van der Waals surface area contributed by atoms with Crippen LogP contribution in [0, 0.1) is 0 Å². The van der Waals surface area contributed by atoms with Gasteiger partial charge in [0, 0.05) is 29.8 Å². The predicted octanol–water partition coefficient (Wildman–Crippen LogP) is 3.21. The largest absolute Gasteiger partial charge is 0.372 e. The van der Waals surface area contributed by atoms with Crippen molar-refractivity contribution in [1.29, 1.82) is 0 Å². The summed E-state index contributed by atoms with van der Waals surface area (Å²) in [5.41, 5.74) is 4.79. The van der Waals surface area contributed by atoms with E-state index >= 15 is 0 Å². The second-order valence-electron chi connectivity index (χ2n) is 6.67. The van der Waals surface area contributed by atoms with E-state index in [1.165, 1.54) is 32.4 Å². The first-order valence-corrected chi connectivity index (χ1v) is 9.54. The molecule has 1 aliphatic rings. The minimum absolute atomic E-state index is 0.736. The van der Waals surface area contributed by atoms with Gasteiger partial charge in [-0.15, -0.1) is 10.2 Å². The van der Waals surface area contributed by atoms with Gasteiger partial charge in [-0.25, -0.2) is 0 Å². The van der Waals surface area contributed by atoms with Gasteiger partial charge in [-0.05, 0) is 49.7 Å². The molecule has 1 fully saturated rings. The molecule has 28 heavy (non-hydrogen) atoms. The third kappa shape index (κ3) is 3.86. The fraction of sp³-hybridized carbons (Fsp3) is 0.300. The molecule has 1 saturated heterocycles. The predicted molar refractivity (Wildman–Crippen MR) is 111 cm³/mol. The first kappa shape index (κ1) is 18.1. The molecule has 0 spiro atoms. The Morgan fingerprint density at radius 1 is 0.893 bits per heavy atom. The number of anilines is 1. The Balaban J connectivity index is 0.000000275. The summed E-state index contributed by atoms with van der Waals surface area (Å²) in [6, 6.07) is 7.90. The Morgan fingerprint density at radius 3 is 2.36 bits per heavy atom. The van der Waals surface area contributed by atoms with Gasteiger partial charge in [0.25, 0.3) is 0 Å². The van der Waals surface area contributed by atoms with Crippen molar-refractivity contribution in [3.05, 3.63) is 42.9 Å². The highest BCUT2D eigenvalue weighted by molar-refractivity contribution is 6.01. The number of nitrogens with zero attached hydrogens (tertiary/aromatic N) is 4. The molecule has 0 atom stereocenters. The third-order valence-electron chi connectivity index (χ3n) is 4.83. The number of nitrogens with one attached hydrogen (secondary N) is 4. The normalized spacial score (nSPS) is 13.8. The Bertz CT molecular complexity index is 989. The highest BCUT2D eigenvalue weighted by Gasteiger charge is 2.12. The summed E-state index contributed by atoms with van der Waals surface area (Å²) in [6.45, 7) is 2.50. The molecule has 8 nitrogen and oxygen atoms in total. The average molecular weight is 376 g/mol. The second kappa shape index (κ2) is 8.62. The van der Waals surface area contributed by atoms with Crippen molar-refractivity contribution in [1.82, 2.24) is 35.9 Å². The number of fused-ring (bicyclic) bond motifs is 1. The van der Waals surface area contributed by atoms with E-state index in [0.717, 1.165) is 39.1 Å². The van der Waals surface area contributed by atoms with E-state index in [-0.39, 0.29) is 0 Å². The van der Waals surface area contributed by atoms with Crippen molar-refractivity contribution < 1.29 is 0 Å². The van der Waals surface area contributed by atoms with Gasteiger partial charge in [-0.1, -0.05) is 12.5 Å². The Hall–Kier alpha value is -3.26. The van der Waals surface area contributed by atoms with Crippen molar-refractivity contribution >= 4 is 16.7 Å². The Morgan fingerprint density at radius 2 is 1.75 bits per heavy atom. The summed E-state index contributed by atoms with van der Waals surface area (Å²) >= 11 is 0. The number of piperidine rings is 1. The van der Waals surface area contributed by atoms with Crippen LogP contribution in [0.1, 0.15) is 19.3 Å². The van der Waals surface area contributed by atoms with E-state index in [9.17, 15) is 0 Å². The van der Waals surface area contributed by atoms with Crippen LogP contribution in [0.3, 0.4) is 0 Å². The zero-order chi connectivity index (χ0) is 19.2. The first-order chi connectivity index (χ1) is 13.9. The molecule has 0 saturated carbocycles. The molecule has 1 aromatic carbocycles. The van der Waals surface area contributed by atoms with Gasteiger partial charge in [0.15, 0.2) is 0 Å². The van der Waals surface area contributed by atoms with Gasteiger partial charge < -0.3 is 10.6 Å². The van der Waals surface area contributed by atoms with Gasteiger partial charge in [-0.2, -0.15) is 10.2 Å².